The number of ether oxygens (including phenoxy) is 4. The topological polar surface area (TPSA) is 114 Å². The van der Waals surface area contributed by atoms with Crippen LogP contribution in [0, 0.1) is 22.0 Å². The molecule has 0 N–H and O–H groups in total. The maximum absolute atomic E-state index is 12.7. The normalized spacial score (nSPS) is 11.6. The van der Waals surface area contributed by atoms with E-state index in [2.05, 4.69) is 27.7 Å². The zero-order valence-electron chi connectivity index (χ0n) is 26.8. The van der Waals surface area contributed by atoms with Crippen molar-refractivity contribution >= 4 is 17.6 Å². The van der Waals surface area contributed by atoms with E-state index in [-0.39, 0.29) is 28.3 Å². The van der Waals surface area contributed by atoms with Crippen LogP contribution in [0.5, 0.6) is 23.0 Å². The van der Waals surface area contributed by atoms with Crippen molar-refractivity contribution in [2.75, 3.05) is 13.2 Å². The van der Waals surface area contributed by atoms with Gasteiger partial charge in [-0.15, -0.1) is 0 Å². The summed E-state index contributed by atoms with van der Waals surface area (Å²) in [4.78, 5) is 36.3. The molecule has 9 nitrogen and oxygen atoms in total. The van der Waals surface area contributed by atoms with Gasteiger partial charge >= 0.3 is 17.6 Å². The number of nitro groups is 1. The number of hydrogen-bond acceptors (Lipinski definition) is 8. The number of carbonyl (C=O) groups excluding carboxylic acids is 2. The molecule has 3 aromatic rings. The van der Waals surface area contributed by atoms with Crippen molar-refractivity contribution in [3.63, 3.8) is 0 Å². The SMILES string of the molecule is CCCCCCOc1ccc(C(=O)Oc2ccc(C(=O)Oc3ccc(OCC[C@@H](C)CCCC(C)C)cc3)cc2)cc1[N+](=O)[O-]. The van der Waals surface area contributed by atoms with Gasteiger partial charge < -0.3 is 18.9 Å². The Morgan fingerprint density at radius 1 is 0.689 bits per heavy atom. The van der Waals surface area contributed by atoms with Crippen molar-refractivity contribution in [3.8, 4) is 23.0 Å². The first-order valence-electron chi connectivity index (χ1n) is 15.8. The van der Waals surface area contributed by atoms with Crippen LogP contribution in [0.2, 0.25) is 0 Å². The Hall–Kier alpha value is -4.40. The molecule has 0 saturated heterocycles. The van der Waals surface area contributed by atoms with E-state index in [1.165, 1.54) is 55.7 Å². The van der Waals surface area contributed by atoms with Gasteiger partial charge in [-0.1, -0.05) is 66.2 Å². The Morgan fingerprint density at radius 3 is 1.91 bits per heavy atom. The van der Waals surface area contributed by atoms with Crippen LogP contribution < -0.4 is 18.9 Å². The second-order valence-electron chi connectivity index (χ2n) is 11.7. The van der Waals surface area contributed by atoms with Gasteiger partial charge in [-0.3, -0.25) is 10.1 Å². The van der Waals surface area contributed by atoms with Crippen LogP contribution in [0.3, 0.4) is 0 Å². The molecule has 3 aromatic carbocycles. The highest BCUT2D eigenvalue weighted by atomic mass is 16.6. The monoisotopic (exact) mass is 619 g/mol. The molecule has 0 fully saturated rings. The Morgan fingerprint density at radius 2 is 1.29 bits per heavy atom. The Bertz CT molecular complexity index is 1370. The largest absolute Gasteiger partial charge is 0.494 e. The predicted molar refractivity (Wildman–Crippen MR) is 173 cm³/mol. The molecular formula is C36H45NO8. The number of unbranched alkanes of at least 4 members (excludes halogenated alkanes) is 3. The summed E-state index contributed by atoms with van der Waals surface area (Å²) in [6, 6.07) is 16.7. The summed E-state index contributed by atoms with van der Waals surface area (Å²) in [7, 11) is 0. The van der Waals surface area contributed by atoms with Crippen LogP contribution in [0.25, 0.3) is 0 Å². The molecule has 0 aromatic heterocycles. The minimum atomic E-state index is -0.772. The van der Waals surface area contributed by atoms with E-state index in [4.69, 9.17) is 18.9 Å². The molecule has 3 rings (SSSR count). The van der Waals surface area contributed by atoms with E-state index in [1.54, 1.807) is 24.3 Å². The van der Waals surface area contributed by atoms with E-state index in [1.807, 2.05) is 0 Å². The Labute approximate surface area is 266 Å². The summed E-state index contributed by atoms with van der Waals surface area (Å²) in [6.07, 6.45) is 8.60. The average Bonchev–Trinajstić information content (AvgIpc) is 3.02. The fourth-order valence-corrected chi connectivity index (χ4v) is 4.61. The van der Waals surface area contributed by atoms with Crippen LogP contribution in [0.4, 0.5) is 5.69 Å². The first-order valence-corrected chi connectivity index (χ1v) is 15.8. The molecule has 0 heterocycles. The molecule has 0 bridgehead atoms. The number of nitrogens with zero attached hydrogens (tertiary/aromatic N) is 1. The summed E-state index contributed by atoms with van der Waals surface area (Å²) < 4.78 is 22.3. The quantitative estimate of drug-likeness (QED) is 0.0429. The fraction of sp³-hybridized carbons (Fsp3) is 0.444. The highest BCUT2D eigenvalue weighted by molar-refractivity contribution is 5.93. The summed E-state index contributed by atoms with van der Waals surface area (Å²) in [5.41, 5.74) is -0.0375. The standard InChI is InChI=1S/C36H45NO8/c1-5-6-7-8-23-43-34-21-14-29(25-33(34)37(40)41)36(39)45-31-15-12-28(13-16-31)35(38)44-32-19-17-30(18-20-32)42-24-22-27(4)11-9-10-26(2)3/h12-21,25-27H,5-11,22-24H2,1-4H3/t27-/m0/s1. The average molecular weight is 620 g/mol. The van der Waals surface area contributed by atoms with Gasteiger partial charge in [0.1, 0.15) is 17.2 Å². The lowest BCUT2D eigenvalue weighted by Gasteiger charge is -2.13. The Kier molecular flexibility index (Phi) is 14.4. The van der Waals surface area contributed by atoms with Crippen molar-refractivity contribution in [2.45, 2.75) is 79.1 Å². The summed E-state index contributed by atoms with van der Waals surface area (Å²) >= 11 is 0. The molecule has 0 aliphatic carbocycles. The third kappa shape index (κ3) is 12.3. The van der Waals surface area contributed by atoms with E-state index >= 15 is 0 Å². The van der Waals surface area contributed by atoms with Gasteiger partial charge in [0.2, 0.25) is 0 Å². The third-order valence-corrected chi connectivity index (χ3v) is 7.34. The first-order chi connectivity index (χ1) is 21.7. The molecule has 0 unspecified atom stereocenters. The van der Waals surface area contributed by atoms with Crippen molar-refractivity contribution in [3.05, 3.63) is 88.0 Å². The lowest BCUT2D eigenvalue weighted by Crippen LogP contribution is -2.11. The third-order valence-electron chi connectivity index (χ3n) is 7.34. The molecule has 0 saturated carbocycles. The molecule has 0 aliphatic rings. The Balaban J connectivity index is 1.48. The molecule has 45 heavy (non-hydrogen) atoms. The van der Waals surface area contributed by atoms with Gasteiger partial charge in [-0.2, -0.15) is 0 Å². The molecule has 0 aliphatic heterocycles. The minimum Gasteiger partial charge on any atom is -0.494 e. The van der Waals surface area contributed by atoms with Crippen LogP contribution in [-0.4, -0.2) is 30.1 Å². The van der Waals surface area contributed by atoms with E-state index in [0.29, 0.717) is 30.6 Å². The molecule has 242 valence electrons. The number of hydrogen-bond donors (Lipinski definition) is 0. The summed E-state index contributed by atoms with van der Waals surface area (Å²) in [6.45, 7) is 9.84. The van der Waals surface area contributed by atoms with Crippen LogP contribution >= 0.6 is 0 Å². The number of rotatable bonds is 19. The van der Waals surface area contributed by atoms with Gasteiger partial charge in [0.05, 0.1) is 29.3 Å². The van der Waals surface area contributed by atoms with Crippen LogP contribution in [-0.2, 0) is 0 Å². The molecule has 9 heteroatoms. The first kappa shape index (κ1) is 35.1. The van der Waals surface area contributed by atoms with Gasteiger partial charge in [0, 0.05) is 6.07 Å². The lowest BCUT2D eigenvalue weighted by molar-refractivity contribution is -0.385. The molecule has 1 atom stereocenters. The second kappa shape index (κ2) is 18.4. The van der Waals surface area contributed by atoms with Crippen LogP contribution in [0.1, 0.15) is 99.8 Å². The van der Waals surface area contributed by atoms with Crippen molar-refractivity contribution in [2.24, 2.45) is 11.8 Å². The zero-order chi connectivity index (χ0) is 32.6. The lowest BCUT2D eigenvalue weighted by atomic mass is 9.98. The fourth-order valence-electron chi connectivity index (χ4n) is 4.61. The highest BCUT2D eigenvalue weighted by Gasteiger charge is 2.20. The highest BCUT2D eigenvalue weighted by Crippen LogP contribution is 2.29. The minimum absolute atomic E-state index is 0.00657. The predicted octanol–water partition coefficient (Wildman–Crippen LogP) is 9.22. The van der Waals surface area contributed by atoms with Crippen molar-refractivity contribution in [1.82, 2.24) is 0 Å². The molecule has 0 radical (unpaired) electrons. The zero-order valence-corrected chi connectivity index (χ0v) is 26.8. The van der Waals surface area contributed by atoms with Gasteiger partial charge in [-0.25, -0.2) is 9.59 Å². The second-order valence-corrected chi connectivity index (χ2v) is 11.7. The van der Waals surface area contributed by atoms with E-state index in [9.17, 15) is 19.7 Å². The molecule has 0 amide bonds. The molecular weight excluding hydrogens is 574 g/mol. The summed E-state index contributed by atoms with van der Waals surface area (Å²) in [5, 5.41) is 11.6. The number of carbonyl (C=O) groups is 2. The van der Waals surface area contributed by atoms with Crippen molar-refractivity contribution < 1.29 is 33.5 Å². The van der Waals surface area contributed by atoms with Gasteiger partial charge in [0.25, 0.3) is 0 Å². The van der Waals surface area contributed by atoms with Gasteiger partial charge in [0.15, 0.2) is 5.75 Å². The summed E-state index contributed by atoms with van der Waals surface area (Å²) in [5.74, 6) is 1.37. The van der Waals surface area contributed by atoms with Crippen LogP contribution in [0.15, 0.2) is 66.7 Å². The van der Waals surface area contributed by atoms with Gasteiger partial charge in [-0.05, 0) is 85.3 Å². The molecule has 0 spiro atoms. The number of benzene rings is 3. The smallest absolute Gasteiger partial charge is 0.343 e. The van der Waals surface area contributed by atoms with E-state index < -0.39 is 16.9 Å². The maximum atomic E-state index is 12.7. The maximum Gasteiger partial charge on any atom is 0.343 e. The van der Waals surface area contributed by atoms with E-state index in [0.717, 1.165) is 44.1 Å². The number of esters is 2. The van der Waals surface area contributed by atoms with Crippen molar-refractivity contribution in [1.29, 1.82) is 0 Å². The number of nitro benzene ring substituents is 1.